The third kappa shape index (κ3) is 4.17. The molecule has 0 aliphatic carbocycles. The number of nitrogens with zero attached hydrogens (tertiary/aromatic N) is 1. The van der Waals surface area contributed by atoms with Gasteiger partial charge in [0.15, 0.2) is 0 Å². The summed E-state index contributed by atoms with van der Waals surface area (Å²) in [4.78, 5) is 1.79. The highest BCUT2D eigenvalue weighted by Crippen LogP contribution is 2.37. The van der Waals surface area contributed by atoms with Crippen molar-refractivity contribution < 1.29 is 17.6 Å². The molecule has 7 heteroatoms. The molecule has 0 unspecified atom stereocenters. The minimum atomic E-state index is -4.26. The second-order valence-electron chi connectivity index (χ2n) is 4.79. The van der Waals surface area contributed by atoms with Crippen LogP contribution in [0, 0.1) is 5.82 Å². The molecule has 1 fully saturated rings. The zero-order valence-electron chi connectivity index (χ0n) is 10.7. The Labute approximate surface area is 123 Å². The van der Waals surface area contributed by atoms with Crippen LogP contribution in [0.3, 0.4) is 0 Å². The summed E-state index contributed by atoms with van der Waals surface area (Å²) < 4.78 is 52.0. The molecule has 0 radical (unpaired) electrons. The van der Waals surface area contributed by atoms with Gasteiger partial charge in [0, 0.05) is 36.7 Å². The summed E-state index contributed by atoms with van der Waals surface area (Å²) in [6.07, 6.45) is -5.19. The maximum absolute atomic E-state index is 13.1. The second kappa shape index (κ2) is 6.41. The van der Waals surface area contributed by atoms with Crippen molar-refractivity contribution in [1.29, 1.82) is 0 Å². The number of benzene rings is 1. The Hall–Kier alpha value is -0.660. The van der Waals surface area contributed by atoms with Gasteiger partial charge in [-0.3, -0.25) is 4.90 Å². The van der Waals surface area contributed by atoms with Crippen LogP contribution < -0.4 is 5.32 Å². The standard InChI is InChI=1S/C13H15BrF4N2/c14-11-7-9(15)1-2-10(11)12(8-13(16,17)18)20-5-3-19-4-6-20/h1-2,7,12,19H,3-6,8H2/t12-/m0/s1. The molecule has 1 saturated heterocycles. The highest BCUT2D eigenvalue weighted by molar-refractivity contribution is 9.10. The van der Waals surface area contributed by atoms with Crippen LogP contribution in [0.2, 0.25) is 0 Å². The maximum atomic E-state index is 13.1. The molecular weight excluding hydrogens is 340 g/mol. The first kappa shape index (κ1) is 15.7. The first-order valence-corrected chi connectivity index (χ1v) is 7.12. The number of nitrogens with one attached hydrogen (secondary N) is 1. The Bertz CT molecular complexity index is 458. The number of alkyl halides is 3. The number of hydrogen-bond acceptors (Lipinski definition) is 2. The predicted octanol–water partition coefficient (Wildman–Crippen LogP) is 3.49. The molecule has 1 heterocycles. The van der Waals surface area contributed by atoms with Gasteiger partial charge in [-0.1, -0.05) is 22.0 Å². The van der Waals surface area contributed by atoms with Crippen molar-refractivity contribution >= 4 is 15.9 Å². The first-order valence-electron chi connectivity index (χ1n) is 6.33. The Morgan fingerprint density at radius 2 is 1.90 bits per heavy atom. The fraction of sp³-hybridized carbons (Fsp3) is 0.538. The van der Waals surface area contributed by atoms with E-state index >= 15 is 0 Å². The van der Waals surface area contributed by atoms with Gasteiger partial charge < -0.3 is 5.32 Å². The SMILES string of the molecule is Fc1ccc([C@H](CC(F)(F)F)N2CCNCC2)c(Br)c1. The van der Waals surface area contributed by atoms with Crippen LogP contribution >= 0.6 is 15.9 Å². The molecule has 1 aliphatic heterocycles. The van der Waals surface area contributed by atoms with Crippen molar-refractivity contribution in [3.05, 3.63) is 34.1 Å². The van der Waals surface area contributed by atoms with E-state index in [0.717, 1.165) is 0 Å². The van der Waals surface area contributed by atoms with Crippen LogP contribution in [0.4, 0.5) is 17.6 Å². The minimum Gasteiger partial charge on any atom is -0.314 e. The lowest BCUT2D eigenvalue weighted by Crippen LogP contribution is -2.46. The van der Waals surface area contributed by atoms with Crippen molar-refractivity contribution in [3.8, 4) is 0 Å². The van der Waals surface area contributed by atoms with Crippen molar-refractivity contribution in [2.24, 2.45) is 0 Å². The van der Waals surface area contributed by atoms with Gasteiger partial charge in [0.1, 0.15) is 5.82 Å². The third-order valence-corrected chi connectivity index (χ3v) is 4.03. The van der Waals surface area contributed by atoms with Crippen LogP contribution in [0.25, 0.3) is 0 Å². The molecule has 0 bridgehead atoms. The molecule has 20 heavy (non-hydrogen) atoms. The van der Waals surface area contributed by atoms with Crippen LogP contribution in [-0.4, -0.2) is 37.3 Å². The molecule has 1 N–H and O–H groups in total. The summed E-state index contributed by atoms with van der Waals surface area (Å²) in [7, 11) is 0. The van der Waals surface area contributed by atoms with Gasteiger partial charge in [0.25, 0.3) is 0 Å². The Morgan fingerprint density at radius 1 is 1.25 bits per heavy atom. The molecule has 1 atom stereocenters. The minimum absolute atomic E-state index is 0.380. The number of halogens is 5. The van der Waals surface area contributed by atoms with Crippen molar-refractivity contribution in [2.45, 2.75) is 18.6 Å². The molecular formula is C13H15BrF4N2. The van der Waals surface area contributed by atoms with E-state index in [1.807, 2.05) is 0 Å². The van der Waals surface area contributed by atoms with E-state index in [0.29, 0.717) is 36.2 Å². The topological polar surface area (TPSA) is 15.3 Å². The van der Waals surface area contributed by atoms with Gasteiger partial charge in [0.2, 0.25) is 0 Å². The molecule has 112 valence electrons. The lowest BCUT2D eigenvalue weighted by molar-refractivity contribution is -0.148. The van der Waals surface area contributed by atoms with E-state index in [1.165, 1.54) is 18.2 Å². The summed E-state index contributed by atoms with van der Waals surface area (Å²) in [6, 6.07) is 3.05. The lowest BCUT2D eigenvalue weighted by Gasteiger charge is -2.36. The molecule has 2 rings (SSSR count). The van der Waals surface area contributed by atoms with E-state index in [9.17, 15) is 17.6 Å². The average Bonchev–Trinajstić information content (AvgIpc) is 2.36. The summed E-state index contributed by atoms with van der Waals surface area (Å²) in [6.45, 7) is 2.41. The molecule has 0 aromatic heterocycles. The average molecular weight is 355 g/mol. The molecule has 1 aromatic rings. The zero-order chi connectivity index (χ0) is 14.8. The molecule has 0 amide bonds. The normalized spacial score (nSPS) is 19.1. The number of rotatable bonds is 3. The highest BCUT2D eigenvalue weighted by Gasteiger charge is 2.36. The van der Waals surface area contributed by atoms with E-state index < -0.39 is 24.5 Å². The zero-order valence-corrected chi connectivity index (χ0v) is 12.3. The Morgan fingerprint density at radius 3 is 2.45 bits per heavy atom. The maximum Gasteiger partial charge on any atom is 0.390 e. The van der Waals surface area contributed by atoms with E-state index in [1.54, 1.807) is 4.90 Å². The first-order chi connectivity index (χ1) is 9.37. The number of piperazine rings is 1. The van der Waals surface area contributed by atoms with Gasteiger partial charge in [-0.2, -0.15) is 13.2 Å². The molecule has 0 spiro atoms. The molecule has 2 nitrogen and oxygen atoms in total. The quantitative estimate of drug-likeness (QED) is 0.836. The van der Waals surface area contributed by atoms with E-state index in [4.69, 9.17) is 0 Å². The predicted molar refractivity (Wildman–Crippen MR) is 72.0 cm³/mol. The van der Waals surface area contributed by atoms with Crippen molar-refractivity contribution in [3.63, 3.8) is 0 Å². The summed E-state index contributed by atoms with van der Waals surface area (Å²) in [5.74, 6) is -0.466. The fourth-order valence-electron chi connectivity index (χ4n) is 2.42. The van der Waals surface area contributed by atoms with Crippen molar-refractivity contribution in [1.82, 2.24) is 10.2 Å². The van der Waals surface area contributed by atoms with Crippen LogP contribution in [0.15, 0.2) is 22.7 Å². The Balaban J connectivity index is 2.29. The molecule has 1 aliphatic rings. The van der Waals surface area contributed by atoms with Gasteiger partial charge in [-0.25, -0.2) is 4.39 Å². The van der Waals surface area contributed by atoms with E-state index in [-0.39, 0.29) is 0 Å². The number of hydrogen-bond donors (Lipinski definition) is 1. The summed E-state index contributed by atoms with van der Waals surface area (Å²) >= 11 is 3.17. The smallest absolute Gasteiger partial charge is 0.314 e. The lowest BCUT2D eigenvalue weighted by atomic mass is 10.0. The van der Waals surface area contributed by atoms with Crippen LogP contribution in [0.1, 0.15) is 18.0 Å². The van der Waals surface area contributed by atoms with Gasteiger partial charge >= 0.3 is 6.18 Å². The van der Waals surface area contributed by atoms with Crippen LogP contribution in [-0.2, 0) is 0 Å². The monoisotopic (exact) mass is 354 g/mol. The molecule has 0 saturated carbocycles. The Kier molecular flexibility index (Phi) is 5.04. The third-order valence-electron chi connectivity index (χ3n) is 3.34. The van der Waals surface area contributed by atoms with Crippen molar-refractivity contribution in [2.75, 3.05) is 26.2 Å². The van der Waals surface area contributed by atoms with E-state index in [2.05, 4.69) is 21.2 Å². The van der Waals surface area contributed by atoms with Gasteiger partial charge in [-0.05, 0) is 17.7 Å². The molecule has 1 aromatic carbocycles. The van der Waals surface area contributed by atoms with Gasteiger partial charge in [0.05, 0.1) is 6.42 Å². The van der Waals surface area contributed by atoms with Crippen LogP contribution in [0.5, 0.6) is 0 Å². The van der Waals surface area contributed by atoms with Gasteiger partial charge in [-0.15, -0.1) is 0 Å². The fourth-order valence-corrected chi connectivity index (χ4v) is 3.04. The summed E-state index contributed by atoms with van der Waals surface area (Å²) in [5.41, 5.74) is 0.477. The highest BCUT2D eigenvalue weighted by atomic mass is 79.9. The summed E-state index contributed by atoms with van der Waals surface area (Å²) in [5, 5.41) is 3.11. The second-order valence-corrected chi connectivity index (χ2v) is 5.64. The largest absolute Gasteiger partial charge is 0.390 e.